The molecule has 0 saturated carbocycles. The molecular weight excluding hydrogens is 186 g/mol. The predicted molar refractivity (Wildman–Crippen MR) is 62.4 cm³/mol. The summed E-state index contributed by atoms with van der Waals surface area (Å²) in [6, 6.07) is 1.41. The number of hydrogen-bond donors (Lipinski definition) is 2. The Hall–Kier alpha value is -0.560. The van der Waals surface area contributed by atoms with Crippen LogP contribution >= 0.6 is 0 Å². The van der Waals surface area contributed by atoms with E-state index in [9.17, 15) is 0 Å². The highest BCUT2D eigenvalue weighted by molar-refractivity contribution is 5.07. The summed E-state index contributed by atoms with van der Waals surface area (Å²) in [6.07, 6.45) is 10.2. The van der Waals surface area contributed by atoms with Crippen LogP contribution in [0.5, 0.6) is 0 Å². The fourth-order valence-corrected chi connectivity index (χ4v) is 3.19. The molecule has 15 heavy (non-hydrogen) atoms. The molecule has 3 heteroatoms. The SMILES string of the molecule is C#CCNC1(CN)CC2CCC(C1)N2C. The summed E-state index contributed by atoms with van der Waals surface area (Å²) in [4.78, 5) is 2.52. The molecule has 3 N–H and O–H groups in total. The molecule has 0 aliphatic carbocycles. The molecule has 2 aliphatic heterocycles. The van der Waals surface area contributed by atoms with Crippen LogP contribution in [0.25, 0.3) is 0 Å². The van der Waals surface area contributed by atoms with E-state index in [1.54, 1.807) is 0 Å². The summed E-state index contributed by atoms with van der Waals surface area (Å²) in [7, 11) is 2.24. The first-order valence-electron chi connectivity index (χ1n) is 5.81. The summed E-state index contributed by atoms with van der Waals surface area (Å²) in [5.74, 6) is 2.66. The largest absolute Gasteiger partial charge is 0.329 e. The van der Waals surface area contributed by atoms with Gasteiger partial charge in [-0.15, -0.1) is 6.42 Å². The first kappa shape index (κ1) is 10.9. The van der Waals surface area contributed by atoms with E-state index >= 15 is 0 Å². The van der Waals surface area contributed by atoms with Crippen molar-refractivity contribution in [2.45, 2.75) is 43.3 Å². The number of piperidine rings is 1. The van der Waals surface area contributed by atoms with Gasteiger partial charge in [-0.1, -0.05) is 5.92 Å². The van der Waals surface area contributed by atoms with Crippen LogP contribution in [0.1, 0.15) is 25.7 Å². The second kappa shape index (κ2) is 4.13. The van der Waals surface area contributed by atoms with E-state index in [4.69, 9.17) is 12.2 Å². The Bertz CT molecular complexity index is 255. The summed E-state index contributed by atoms with van der Waals surface area (Å²) in [5.41, 5.74) is 6.03. The van der Waals surface area contributed by atoms with Crippen molar-refractivity contribution in [1.82, 2.24) is 10.2 Å². The Kier molecular flexibility index (Phi) is 3.01. The van der Waals surface area contributed by atoms with Crippen LogP contribution < -0.4 is 11.1 Å². The topological polar surface area (TPSA) is 41.3 Å². The number of nitrogens with two attached hydrogens (primary N) is 1. The third-order valence-corrected chi connectivity index (χ3v) is 4.19. The average Bonchev–Trinajstić information content (AvgIpc) is 2.51. The van der Waals surface area contributed by atoms with Gasteiger partial charge in [-0.3, -0.25) is 5.32 Å². The molecule has 2 heterocycles. The van der Waals surface area contributed by atoms with E-state index in [-0.39, 0.29) is 5.54 Å². The van der Waals surface area contributed by atoms with Crippen LogP contribution in [0.3, 0.4) is 0 Å². The van der Waals surface area contributed by atoms with E-state index in [2.05, 4.69) is 23.2 Å². The molecule has 0 aromatic rings. The Balaban J connectivity index is 2.06. The molecular formula is C12H21N3. The van der Waals surface area contributed by atoms with E-state index < -0.39 is 0 Å². The monoisotopic (exact) mass is 207 g/mol. The minimum absolute atomic E-state index is 0.102. The number of hydrogen-bond acceptors (Lipinski definition) is 3. The predicted octanol–water partition coefficient (Wildman–Crippen LogP) is 0.163. The molecule has 2 unspecified atom stereocenters. The van der Waals surface area contributed by atoms with Crippen molar-refractivity contribution in [3.63, 3.8) is 0 Å². The maximum atomic E-state index is 5.93. The minimum Gasteiger partial charge on any atom is -0.329 e. The fraction of sp³-hybridized carbons (Fsp3) is 0.833. The summed E-state index contributed by atoms with van der Waals surface area (Å²) in [5, 5.41) is 3.47. The molecule has 2 aliphatic rings. The van der Waals surface area contributed by atoms with Gasteiger partial charge >= 0.3 is 0 Å². The van der Waals surface area contributed by atoms with E-state index in [0.29, 0.717) is 25.2 Å². The van der Waals surface area contributed by atoms with Crippen molar-refractivity contribution in [1.29, 1.82) is 0 Å². The van der Waals surface area contributed by atoms with Gasteiger partial charge in [-0.25, -0.2) is 0 Å². The molecule has 2 saturated heterocycles. The number of nitrogens with one attached hydrogen (secondary N) is 1. The highest BCUT2D eigenvalue weighted by atomic mass is 15.2. The molecule has 84 valence electrons. The Labute approximate surface area is 92.4 Å². The molecule has 0 radical (unpaired) electrons. The lowest BCUT2D eigenvalue weighted by Gasteiger charge is -2.45. The van der Waals surface area contributed by atoms with Crippen molar-refractivity contribution in [2.75, 3.05) is 20.1 Å². The van der Waals surface area contributed by atoms with Gasteiger partial charge in [0, 0.05) is 24.2 Å². The lowest BCUT2D eigenvalue weighted by atomic mass is 9.83. The molecule has 2 rings (SSSR count). The molecule has 0 aromatic heterocycles. The van der Waals surface area contributed by atoms with Crippen molar-refractivity contribution >= 4 is 0 Å². The quantitative estimate of drug-likeness (QED) is 0.648. The van der Waals surface area contributed by atoms with Crippen LogP contribution in [0.15, 0.2) is 0 Å². The molecule has 2 bridgehead atoms. The molecule has 2 fully saturated rings. The number of fused-ring (bicyclic) bond motifs is 2. The van der Waals surface area contributed by atoms with Gasteiger partial charge in [0.1, 0.15) is 0 Å². The van der Waals surface area contributed by atoms with Crippen LogP contribution in [0.2, 0.25) is 0 Å². The normalized spacial score (nSPS) is 40.3. The fourth-order valence-electron chi connectivity index (χ4n) is 3.19. The third-order valence-electron chi connectivity index (χ3n) is 4.19. The second-order valence-electron chi connectivity index (χ2n) is 5.00. The number of terminal acetylenes is 1. The molecule has 0 spiro atoms. The smallest absolute Gasteiger partial charge is 0.0578 e. The van der Waals surface area contributed by atoms with Gasteiger partial charge in [0.05, 0.1) is 6.54 Å². The summed E-state index contributed by atoms with van der Waals surface area (Å²) >= 11 is 0. The minimum atomic E-state index is 0.102. The Morgan fingerprint density at radius 3 is 2.53 bits per heavy atom. The zero-order chi connectivity index (χ0) is 10.9. The van der Waals surface area contributed by atoms with E-state index in [1.807, 2.05) is 0 Å². The van der Waals surface area contributed by atoms with Gasteiger partial charge in [-0.2, -0.15) is 0 Å². The lowest BCUT2D eigenvalue weighted by molar-refractivity contribution is 0.0973. The van der Waals surface area contributed by atoms with Gasteiger partial charge in [-0.05, 0) is 32.7 Å². The second-order valence-corrected chi connectivity index (χ2v) is 5.00. The average molecular weight is 207 g/mol. The molecule has 3 nitrogen and oxygen atoms in total. The first-order valence-corrected chi connectivity index (χ1v) is 5.81. The first-order chi connectivity index (χ1) is 7.21. The van der Waals surface area contributed by atoms with Crippen LogP contribution in [-0.4, -0.2) is 42.7 Å². The number of rotatable bonds is 3. The van der Waals surface area contributed by atoms with Gasteiger partial charge < -0.3 is 10.6 Å². The summed E-state index contributed by atoms with van der Waals surface area (Å²) < 4.78 is 0. The molecule has 0 amide bonds. The highest BCUT2D eigenvalue weighted by Gasteiger charge is 2.45. The van der Waals surface area contributed by atoms with Gasteiger partial charge in [0.15, 0.2) is 0 Å². The standard InChI is InChI=1S/C12H21N3/c1-3-6-14-12(9-13)7-10-4-5-11(8-12)15(10)2/h1,10-11,14H,4-9,13H2,2H3. The van der Waals surface area contributed by atoms with Gasteiger partial charge in [0.2, 0.25) is 0 Å². The molecule has 0 aromatic carbocycles. The van der Waals surface area contributed by atoms with Crippen molar-refractivity contribution in [3.8, 4) is 12.3 Å². The Morgan fingerprint density at radius 2 is 2.07 bits per heavy atom. The third kappa shape index (κ3) is 1.90. The van der Waals surface area contributed by atoms with E-state index in [0.717, 1.165) is 12.8 Å². The zero-order valence-electron chi connectivity index (χ0n) is 9.50. The maximum absolute atomic E-state index is 5.93. The van der Waals surface area contributed by atoms with Crippen LogP contribution in [-0.2, 0) is 0 Å². The van der Waals surface area contributed by atoms with E-state index in [1.165, 1.54) is 12.8 Å². The maximum Gasteiger partial charge on any atom is 0.0578 e. The number of nitrogens with zero attached hydrogens (tertiary/aromatic N) is 1. The van der Waals surface area contributed by atoms with Crippen molar-refractivity contribution < 1.29 is 0 Å². The highest BCUT2D eigenvalue weighted by Crippen LogP contribution is 2.39. The molecule has 2 atom stereocenters. The van der Waals surface area contributed by atoms with Gasteiger partial charge in [0.25, 0.3) is 0 Å². The Morgan fingerprint density at radius 1 is 1.47 bits per heavy atom. The van der Waals surface area contributed by atoms with Crippen LogP contribution in [0, 0.1) is 12.3 Å². The zero-order valence-corrected chi connectivity index (χ0v) is 9.50. The van der Waals surface area contributed by atoms with Crippen molar-refractivity contribution in [2.24, 2.45) is 5.73 Å². The van der Waals surface area contributed by atoms with Crippen molar-refractivity contribution in [3.05, 3.63) is 0 Å². The summed E-state index contributed by atoms with van der Waals surface area (Å²) in [6.45, 7) is 1.34. The lowest BCUT2D eigenvalue weighted by Crippen LogP contribution is -2.60. The van der Waals surface area contributed by atoms with Crippen LogP contribution in [0.4, 0.5) is 0 Å².